The zero-order valence-electron chi connectivity index (χ0n) is 19.5. The van der Waals surface area contributed by atoms with Crippen LogP contribution >= 0.6 is 12.2 Å². The van der Waals surface area contributed by atoms with Crippen LogP contribution in [0.5, 0.6) is 0 Å². The predicted molar refractivity (Wildman–Crippen MR) is 139 cm³/mol. The van der Waals surface area contributed by atoms with Crippen LogP contribution in [0.1, 0.15) is 46.4 Å². The molecular formula is C28H25N3O3S. The first kappa shape index (κ1) is 22.8. The number of benzene rings is 2. The quantitative estimate of drug-likeness (QED) is 0.272. The van der Waals surface area contributed by atoms with Gasteiger partial charge in [0.05, 0.1) is 24.4 Å². The Hall–Kier alpha value is -3.97. The molecule has 0 amide bonds. The van der Waals surface area contributed by atoms with Gasteiger partial charge in [-0.3, -0.25) is 4.98 Å². The molecule has 1 N–H and O–H groups in total. The minimum absolute atomic E-state index is 0.199. The van der Waals surface area contributed by atoms with Crippen molar-refractivity contribution in [3.8, 4) is 11.3 Å². The predicted octanol–water partition coefficient (Wildman–Crippen LogP) is 5.87. The van der Waals surface area contributed by atoms with Gasteiger partial charge in [-0.2, -0.15) is 0 Å². The van der Waals surface area contributed by atoms with Crippen molar-refractivity contribution in [1.82, 2.24) is 10.3 Å². The van der Waals surface area contributed by atoms with Gasteiger partial charge in [-0.25, -0.2) is 4.79 Å². The maximum Gasteiger partial charge on any atom is 0.337 e. The molecule has 4 aromatic rings. The molecule has 1 aliphatic rings. The monoisotopic (exact) mass is 483 g/mol. The van der Waals surface area contributed by atoms with Gasteiger partial charge in [-0.05, 0) is 72.7 Å². The van der Waals surface area contributed by atoms with Crippen molar-refractivity contribution in [2.75, 3.05) is 12.0 Å². The maximum absolute atomic E-state index is 12.0. The Labute approximate surface area is 209 Å². The molecule has 2 atom stereocenters. The number of thiocarbonyl (C=S) groups is 1. The Balaban J connectivity index is 1.56. The first-order valence-corrected chi connectivity index (χ1v) is 11.9. The Morgan fingerprint density at radius 2 is 1.91 bits per heavy atom. The third-order valence-electron chi connectivity index (χ3n) is 6.21. The molecule has 35 heavy (non-hydrogen) atoms. The van der Waals surface area contributed by atoms with Gasteiger partial charge in [0.25, 0.3) is 0 Å². The lowest BCUT2D eigenvalue weighted by molar-refractivity contribution is 0.0601. The van der Waals surface area contributed by atoms with E-state index in [1.165, 1.54) is 12.7 Å². The second kappa shape index (κ2) is 9.72. The van der Waals surface area contributed by atoms with Crippen LogP contribution < -0.4 is 10.2 Å². The fourth-order valence-electron chi connectivity index (χ4n) is 4.40. The fourth-order valence-corrected chi connectivity index (χ4v) is 4.74. The number of nitrogens with one attached hydrogen (secondary N) is 1. The van der Waals surface area contributed by atoms with Crippen molar-refractivity contribution < 1.29 is 13.9 Å². The van der Waals surface area contributed by atoms with Crippen molar-refractivity contribution in [2.24, 2.45) is 0 Å². The summed E-state index contributed by atoms with van der Waals surface area (Å²) < 4.78 is 11.3. The number of carbonyl (C=O) groups excluding carboxylic acids is 1. The molecule has 0 unspecified atom stereocenters. The molecule has 5 rings (SSSR count). The summed E-state index contributed by atoms with van der Waals surface area (Å²) in [5.74, 6) is 1.01. The summed E-state index contributed by atoms with van der Waals surface area (Å²) in [7, 11) is 1.37. The van der Waals surface area contributed by atoms with E-state index in [0.29, 0.717) is 16.4 Å². The Morgan fingerprint density at radius 3 is 2.63 bits per heavy atom. The van der Waals surface area contributed by atoms with Gasteiger partial charge in [0.1, 0.15) is 17.6 Å². The number of nitrogens with zero attached hydrogens (tertiary/aromatic N) is 2. The lowest BCUT2D eigenvalue weighted by Crippen LogP contribution is -2.29. The number of rotatable bonds is 6. The molecule has 2 aromatic carbocycles. The first-order chi connectivity index (χ1) is 17.1. The van der Waals surface area contributed by atoms with Crippen LogP contribution in [0.3, 0.4) is 0 Å². The van der Waals surface area contributed by atoms with Gasteiger partial charge < -0.3 is 19.4 Å². The van der Waals surface area contributed by atoms with Gasteiger partial charge in [-0.15, -0.1) is 0 Å². The lowest BCUT2D eigenvalue weighted by atomic mass is 10.0. The van der Waals surface area contributed by atoms with E-state index < -0.39 is 0 Å². The number of anilines is 1. The normalized spacial score (nSPS) is 17.3. The van der Waals surface area contributed by atoms with E-state index in [9.17, 15) is 4.79 Å². The van der Waals surface area contributed by atoms with E-state index >= 15 is 0 Å². The highest BCUT2D eigenvalue weighted by molar-refractivity contribution is 7.80. The van der Waals surface area contributed by atoms with Crippen molar-refractivity contribution in [3.63, 3.8) is 0 Å². The van der Waals surface area contributed by atoms with E-state index in [-0.39, 0.29) is 18.1 Å². The molecule has 176 valence electrons. The van der Waals surface area contributed by atoms with Gasteiger partial charge in [0, 0.05) is 17.4 Å². The number of hydrogen-bond donors (Lipinski definition) is 1. The average molecular weight is 484 g/mol. The van der Waals surface area contributed by atoms with E-state index in [1.54, 1.807) is 18.3 Å². The van der Waals surface area contributed by atoms with Gasteiger partial charge >= 0.3 is 5.97 Å². The number of ether oxygens (including phenoxy) is 1. The number of aromatic nitrogens is 1. The number of esters is 1. The largest absolute Gasteiger partial charge is 0.465 e. The molecule has 0 saturated carbocycles. The van der Waals surface area contributed by atoms with E-state index in [0.717, 1.165) is 29.1 Å². The Bertz CT molecular complexity index is 1350. The highest BCUT2D eigenvalue weighted by Crippen LogP contribution is 2.43. The molecular weight excluding hydrogens is 458 g/mol. The van der Waals surface area contributed by atoms with Crippen LogP contribution in [-0.4, -0.2) is 23.2 Å². The van der Waals surface area contributed by atoms with Crippen molar-refractivity contribution in [3.05, 3.63) is 108 Å². The number of hydrogen-bond acceptors (Lipinski definition) is 5. The topological polar surface area (TPSA) is 67.6 Å². The molecule has 1 saturated heterocycles. The van der Waals surface area contributed by atoms with Crippen LogP contribution in [0, 0.1) is 0 Å². The molecule has 6 nitrogen and oxygen atoms in total. The average Bonchev–Trinajstić information content (AvgIpc) is 3.53. The van der Waals surface area contributed by atoms with E-state index in [2.05, 4.69) is 46.4 Å². The third-order valence-corrected chi connectivity index (χ3v) is 6.52. The molecule has 0 spiro atoms. The number of pyridine rings is 1. The van der Waals surface area contributed by atoms with Gasteiger partial charge in [0.2, 0.25) is 0 Å². The maximum atomic E-state index is 12.0. The molecule has 0 bridgehead atoms. The number of aryl methyl sites for hydroxylation is 1. The third kappa shape index (κ3) is 4.42. The summed E-state index contributed by atoms with van der Waals surface area (Å²) in [6.45, 7) is 2.14. The minimum Gasteiger partial charge on any atom is -0.465 e. The zero-order valence-corrected chi connectivity index (χ0v) is 20.3. The van der Waals surface area contributed by atoms with Crippen molar-refractivity contribution in [1.29, 1.82) is 0 Å². The number of furan rings is 1. The Morgan fingerprint density at radius 1 is 1.09 bits per heavy atom. The summed E-state index contributed by atoms with van der Waals surface area (Å²) >= 11 is 5.79. The summed E-state index contributed by atoms with van der Waals surface area (Å²) in [6, 6.07) is 24.9. The molecule has 0 radical (unpaired) electrons. The Kier molecular flexibility index (Phi) is 6.33. The fraction of sp³-hybridized carbons (Fsp3) is 0.179. The second-order valence-corrected chi connectivity index (χ2v) is 8.68. The van der Waals surface area contributed by atoms with Crippen LogP contribution in [0.4, 0.5) is 5.69 Å². The smallest absolute Gasteiger partial charge is 0.337 e. The number of carbonyl (C=O) groups is 1. The van der Waals surface area contributed by atoms with Crippen LogP contribution in [0.25, 0.3) is 11.3 Å². The van der Waals surface area contributed by atoms with Gasteiger partial charge in [-0.1, -0.05) is 37.3 Å². The summed E-state index contributed by atoms with van der Waals surface area (Å²) in [5.41, 5.74) is 4.37. The van der Waals surface area contributed by atoms with Gasteiger partial charge in [0.15, 0.2) is 5.11 Å². The SMILES string of the molecule is CCc1ccc(N2C(=S)N[C@H](c3ccccn3)[C@@H]2c2ccc(-c3cccc(C(=O)OC)c3)o2)cc1. The first-order valence-electron chi connectivity index (χ1n) is 11.5. The van der Waals surface area contributed by atoms with Crippen molar-refractivity contribution >= 4 is 29.0 Å². The summed E-state index contributed by atoms with van der Waals surface area (Å²) in [5, 5.41) is 4.06. The molecule has 3 heterocycles. The number of methoxy groups -OCH3 is 1. The second-order valence-electron chi connectivity index (χ2n) is 8.29. The molecule has 0 aliphatic carbocycles. The lowest BCUT2D eigenvalue weighted by Gasteiger charge is -2.26. The summed E-state index contributed by atoms with van der Waals surface area (Å²) in [4.78, 5) is 18.7. The highest BCUT2D eigenvalue weighted by Gasteiger charge is 2.42. The molecule has 1 fully saturated rings. The van der Waals surface area contributed by atoms with E-state index in [1.807, 2.05) is 42.5 Å². The standard InChI is InChI=1S/C28H25N3O3S/c1-3-18-10-12-21(13-11-18)31-26(25(30-28(31)35)22-9-4-5-16-29-22)24-15-14-23(34-24)19-7-6-8-20(17-19)27(32)33-2/h4-17,25-26H,3H2,1-2H3,(H,30,35)/t25-,26+/m1/s1. The zero-order chi connectivity index (χ0) is 24.4. The highest BCUT2D eigenvalue weighted by atomic mass is 32.1. The van der Waals surface area contributed by atoms with Crippen LogP contribution in [0.15, 0.2) is 89.5 Å². The molecule has 2 aromatic heterocycles. The minimum atomic E-state index is -0.388. The van der Waals surface area contributed by atoms with E-state index in [4.69, 9.17) is 21.4 Å². The molecule has 7 heteroatoms. The van der Waals surface area contributed by atoms with Crippen LogP contribution in [0.2, 0.25) is 0 Å². The summed E-state index contributed by atoms with van der Waals surface area (Å²) in [6.07, 6.45) is 2.75. The van der Waals surface area contributed by atoms with Crippen LogP contribution in [-0.2, 0) is 11.2 Å². The molecule has 1 aliphatic heterocycles. The van der Waals surface area contributed by atoms with Crippen molar-refractivity contribution in [2.45, 2.75) is 25.4 Å².